The molecular weight excluding hydrogens is 166 g/mol. The monoisotopic (exact) mass is 173 g/mol. The molecule has 0 aliphatic rings. The zero-order valence-electron chi connectivity index (χ0n) is 6.77. The van der Waals surface area contributed by atoms with Crippen LogP contribution in [-0.2, 0) is 4.79 Å². The molecule has 0 radical (unpaired) electrons. The molecule has 0 aliphatic carbocycles. The van der Waals surface area contributed by atoms with Crippen molar-refractivity contribution in [1.29, 1.82) is 5.26 Å². The molecular formula is C9H7N3O. The minimum absolute atomic E-state index is 0.439. The van der Waals surface area contributed by atoms with Gasteiger partial charge >= 0.3 is 0 Å². The quantitative estimate of drug-likeness (QED) is 0.406. The molecule has 0 saturated carbocycles. The van der Waals surface area contributed by atoms with Crippen LogP contribution in [0.5, 0.6) is 0 Å². The first-order valence-electron chi connectivity index (χ1n) is 3.60. The first-order chi connectivity index (χ1) is 6.33. The Bertz CT molecular complexity index is 351. The normalized spacial score (nSPS) is 9.46. The summed E-state index contributed by atoms with van der Waals surface area (Å²) >= 11 is 0. The first-order valence-corrected chi connectivity index (χ1v) is 3.60. The van der Waals surface area contributed by atoms with E-state index < -0.39 is 5.91 Å². The Hall–Kier alpha value is -2.15. The van der Waals surface area contributed by atoms with Crippen LogP contribution in [0.15, 0.2) is 30.6 Å². The van der Waals surface area contributed by atoms with E-state index in [1.54, 1.807) is 24.5 Å². The van der Waals surface area contributed by atoms with Gasteiger partial charge in [-0.1, -0.05) is 6.07 Å². The smallest absolute Gasteiger partial charge is 0.256 e. The van der Waals surface area contributed by atoms with E-state index >= 15 is 0 Å². The van der Waals surface area contributed by atoms with Crippen LogP contribution >= 0.6 is 0 Å². The summed E-state index contributed by atoms with van der Waals surface area (Å²) in [5, 5.41) is 10.1. The molecule has 0 bridgehead atoms. The summed E-state index contributed by atoms with van der Waals surface area (Å²) in [5.41, 5.74) is 0.815. The average molecular weight is 173 g/mol. The lowest BCUT2D eigenvalue weighted by molar-refractivity contribution is -0.115. The molecule has 1 aromatic heterocycles. The first kappa shape index (κ1) is 8.94. The third-order valence-corrected chi connectivity index (χ3v) is 1.29. The number of pyridine rings is 1. The SMILES string of the molecule is N#CNC(=O)/C=C/c1cccnc1. The Morgan fingerprint density at radius 3 is 3.15 bits per heavy atom. The predicted octanol–water partition coefficient (Wildman–Crippen LogP) is 0.692. The summed E-state index contributed by atoms with van der Waals surface area (Å²) in [6, 6.07) is 3.57. The Kier molecular flexibility index (Phi) is 3.21. The van der Waals surface area contributed by atoms with Gasteiger partial charge in [0.15, 0.2) is 6.19 Å². The number of hydrogen-bond acceptors (Lipinski definition) is 3. The van der Waals surface area contributed by atoms with Crippen molar-refractivity contribution in [3.8, 4) is 6.19 Å². The predicted molar refractivity (Wildman–Crippen MR) is 47.0 cm³/mol. The molecule has 64 valence electrons. The van der Waals surface area contributed by atoms with Gasteiger partial charge in [0.2, 0.25) is 0 Å². The molecule has 0 fully saturated rings. The summed E-state index contributed by atoms with van der Waals surface area (Å²) in [4.78, 5) is 14.6. The van der Waals surface area contributed by atoms with E-state index in [9.17, 15) is 4.79 Å². The van der Waals surface area contributed by atoms with Crippen LogP contribution in [-0.4, -0.2) is 10.9 Å². The molecule has 4 nitrogen and oxygen atoms in total. The van der Waals surface area contributed by atoms with Crippen molar-refractivity contribution in [2.24, 2.45) is 0 Å². The van der Waals surface area contributed by atoms with Crippen molar-refractivity contribution in [3.63, 3.8) is 0 Å². The van der Waals surface area contributed by atoms with Crippen molar-refractivity contribution in [2.75, 3.05) is 0 Å². The van der Waals surface area contributed by atoms with Crippen LogP contribution < -0.4 is 5.32 Å². The van der Waals surface area contributed by atoms with E-state index in [1.165, 1.54) is 12.3 Å². The van der Waals surface area contributed by atoms with Gasteiger partial charge < -0.3 is 0 Å². The lowest BCUT2D eigenvalue weighted by Gasteiger charge is -1.89. The number of nitrogens with zero attached hydrogens (tertiary/aromatic N) is 2. The molecule has 0 atom stereocenters. The second-order valence-electron chi connectivity index (χ2n) is 2.22. The standard InChI is InChI=1S/C9H7N3O/c10-7-12-9(13)4-3-8-2-1-5-11-6-8/h1-6H,(H,12,13)/b4-3+. The fourth-order valence-electron chi connectivity index (χ4n) is 0.743. The van der Waals surface area contributed by atoms with Crippen molar-refractivity contribution in [1.82, 2.24) is 10.3 Å². The van der Waals surface area contributed by atoms with E-state index in [4.69, 9.17) is 5.26 Å². The third-order valence-electron chi connectivity index (χ3n) is 1.29. The minimum Gasteiger partial charge on any atom is -0.269 e. The van der Waals surface area contributed by atoms with Crippen molar-refractivity contribution in [2.45, 2.75) is 0 Å². The maximum absolute atomic E-state index is 10.8. The number of amides is 1. The Labute approximate surface area is 75.5 Å². The zero-order valence-corrected chi connectivity index (χ0v) is 6.77. The van der Waals surface area contributed by atoms with Gasteiger partial charge in [-0.05, 0) is 17.7 Å². The Balaban J connectivity index is 2.60. The van der Waals surface area contributed by atoms with Crippen LogP contribution in [0.2, 0.25) is 0 Å². The van der Waals surface area contributed by atoms with Crippen LogP contribution in [0.3, 0.4) is 0 Å². The summed E-state index contributed by atoms with van der Waals surface area (Å²) in [7, 11) is 0. The molecule has 0 aliphatic heterocycles. The van der Waals surface area contributed by atoms with E-state index in [1.807, 2.05) is 11.4 Å². The maximum atomic E-state index is 10.8. The highest BCUT2D eigenvalue weighted by Crippen LogP contribution is 1.97. The molecule has 1 N–H and O–H groups in total. The Morgan fingerprint density at radius 2 is 2.54 bits per heavy atom. The fourth-order valence-corrected chi connectivity index (χ4v) is 0.743. The number of aromatic nitrogens is 1. The molecule has 1 rings (SSSR count). The van der Waals surface area contributed by atoms with Crippen molar-refractivity contribution >= 4 is 12.0 Å². The molecule has 0 saturated heterocycles. The molecule has 1 aromatic rings. The largest absolute Gasteiger partial charge is 0.269 e. The van der Waals surface area contributed by atoms with Gasteiger partial charge in [0, 0.05) is 18.5 Å². The van der Waals surface area contributed by atoms with Crippen LogP contribution in [0.1, 0.15) is 5.56 Å². The Morgan fingerprint density at radius 1 is 1.69 bits per heavy atom. The van der Waals surface area contributed by atoms with E-state index in [-0.39, 0.29) is 0 Å². The van der Waals surface area contributed by atoms with Gasteiger partial charge in [-0.3, -0.25) is 15.1 Å². The highest BCUT2D eigenvalue weighted by atomic mass is 16.1. The van der Waals surface area contributed by atoms with Crippen LogP contribution in [0.25, 0.3) is 6.08 Å². The van der Waals surface area contributed by atoms with Gasteiger partial charge in [0.25, 0.3) is 5.91 Å². The van der Waals surface area contributed by atoms with Gasteiger partial charge in [-0.25, -0.2) is 0 Å². The zero-order chi connectivity index (χ0) is 9.52. The van der Waals surface area contributed by atoms with E-state index in [0.717, 1.165) is 5.56 Å². The number of carbonyl (C=O) groups is 1. The number of nitrogens with one attached hydrogen (secondary N) is 1. The van der Waals surface area contributed by atoms with Gasteiger partial charge in [-0.15, -0.1) is 0 Å². The number of rotatable bonds is 2. The van der Waals surface area contributed by atoms with E-state index in [2.05, 4.69) is 4.98 Å². The molecule has 13 heavy (non-hydrogen) atoms. The molecule has 0 unspecified atom stereocenters. The van der Waals surface area contributed by atoms with Gasteiger partial charge in [-0.2, -0.15) is 5.26 Å². The van der Waals surface area contributed by atoms with Crippen molar-refractivity contribution in [3.05, 3.63) is 36.2 Å². The summed E-state index contributed by atoms with van der Waals surface area (Å²) < 4.78 is 0. The van der Waals surface area contributed by atoms with Gasteiger partial charge in [0.05, 0.1) is 0 Å². The molecule has 4 heteroatoms. The molecule has 0 aromatic carbocycles. The maximum Gasteiger partial charge on any atom is 0.256 e. The fraction of sp³-hybridized carbons (Fsp3) is 0. The lowest BCUT2D eigenvalue weighted by atomic mass is 10.2. The average Bonchev–Trinajstić information content (AvgIpc) is 2.17. The van der Waals surface area contributed by atoms with Gasteiger partial charge in [0.1, 0.15) is 0 Å². The molecule has 1 amide bonds. The highest BCUT2D eigenvalue weighted by Gasteiger charge is 1.90. The number of carbonyl (C=O) groups excluding carboxylic acids is 1. The topological polar surface area (TPSA) is 65.8 Å². The highest BCUT2D eigenvalue weighted by molar-refractivity contribution is 5.92. The summed E-state index contributed by atoms with van der Waals surface area (Å²) in [6.45, 7) is 0. The molecule has 0 spiro atoms. The summed E-state index contributed by atoms with van der Waals surface area (Å²) in [6.07, 6.45) is 7.67. The van der Waals surface area contributed by atoms with E-state index in [0.29, 0.717) is 0 Å². The minimum atomic E-state index is -0.439. The second kappa shape index (κ2) is 4.67. The number of hydrogen-bond donors (Lipinski definition) is 1. The number of nitriles is 1. The third kappa shape index (κ3) is 3.16. The summed E-state index contributed by atoms with van der Waals surface area (Å²) in [5.74, 6) is -0.439. The van der Waals surface area contributed by atoms with Crippen LogP contribution in [0, 0.1) is 11.5 Å². The van der Waals surface area contributed by atoms with Crippen LogP contribution in [0.4, 0.5) is 0 Å². The second-order valence-corrected chi connectivity index (χ2v) is 2.22. The van der Waals surface area contributed by atoms with Crippen molar-refractivity contribution < 1.29 is 4.79 Å². The lowest BCUT2D eigenvalue weighted by Crippen LogP contribution is -2.13. The molecule has 1 heterocycles.